The first-order valence-electron chi connectivity index (χ1n) is 6.34. The van der Waals surface area contributed by atoms with Crippen LogP contribution in [0.2, 0.25) is 5.02 Å². The zero-order valence-corrected chi connectivity index (χ0v) is 11.4. The summed E-state index contributed by atoms with van der Waals surface area (Å²) in [5.74, 6) is 2.42. The van der Waals surface area contributed by atoms with E-state index in [0.717, 1.165) is 28.2 Å². The van der Waals surface area contributed by atoms with Crippen LogP contribution < -0.4 is 10.6 Å². The maximum absolute atomic E-state index is 5.87. The molecule has 0 aliphatic heterocycles. The molecule has 0 amide bonds. The van der Waals surface area contributed by atoms with Gasteiger partial charge in [-0.3, -0.25) is 0 Å². The molecule has 5 heteroatoms. The van der Waals surface area contributed by atoms with Crippen molar-refractivity contribution in [1.82, 2.24) is 9.97 Å². The van der Waals surface area contributed by atoms with Gasteiger partial charge in [-0.2, -0.15) is 0 Å². The summed E-state index contributed by atoms with van der Waals surface area (Å²) in [4.78, 5) is 8.77. The lowest BCUT2D eigenvalue weighted by molar-refractivity contribution is 1.02. The predicted octanol–water partition coefficient (Wildman–Crippen LogP) is 3.76. The Kier molecular flexibility index (Phi) is 3.25. The quantitative estimate of drug-likeness (QED) is 0.891. The van der Waals surface area contributed by atoms with E-state index < -0.39 is 0 Å². The highest BCUT2D eigenvalue weighted by atomic mass is 35.5. The Labute approximate surface area is 117 Å². The van der Waals surface area contributed by atoms with Crippen LogP contribution in [-0.4, -0.2) is 16.0 Å². The van der Waals surface area contributed by atoms with Crippen LogP contribution >= 0.6 is 11.6 Å². The fourth-order valence-electron chi connectivity index (χ4n) is 1.82. The Morgan fingerprint density at radius 2 is 1.79 bits per heavy atom. The molecular formula is C14H15ClN4. The van der Waals surface area contributed by atoms with Gasteiger partial charge in [0.25, 0.3) is 0 Å². The van der Waals surface area contributed by atoms with E-state index in [2.05, 4.69) is 20.6 Å². The van der Waals surface area contributed by atoms with Crippen molar-refractivity contribution in [2.75, 3.05) is 10.6 Å². The first kappa shape index (κ1) is 12.2. The Hall–Kier alpha value is -1.81. The summed E-state index contributed by atoms with van der Waals surface area (Å²) < 4.78 is 0. The van der Waals surface area contributed by atoms with Crippen molar-refractivity contribution in [3.8, 4) is 0 Å². The topological polar surface area (TPSA) is 49.8 Å². The molecule has 1 saturated carbocycles. The summed E-state index contributed by atoms with van der Waals surface area (Å²) in [6, 6.07) is 10.1. The summed E-state index contributed by atoms with van der Waals surface area (Å²) in [5, 5.41) is 7.36. The molecular weight excluding hydrogens is 260 g/mol. The van der Waals surface area contributed by atoms with E-state index in [9.17, 15) is 0 Å². The first-order chi connectivity index (χ1) is 9.19. The number of halogens is 1. The molecule has 1 aliphatic rings. The van der Waals surface area contributed by atoms with Gasteiger partial charge in [-0.05, 0) is 44.0 Å². The van der Waals surface area contributed by atoms with E-state index in [-0.39, 0.29) is 0 Å². The number of nitrogens with zero attached hydrogens (tertiary/aromatic N) is 2. The lowest BCUT2D eigenvalue weighted by Crippen LogP contribution is -2.06. The van der Waals surface area contributed by atoms with Gasteiger partial charge in [-0.25, -0.2) is 9.97 Å². The third-order valence-corrected chi connectivity index (χ3v) is 3.14. The second-order valence-corrected chi connectivity index (χ2v) is 5.17. The Balaban J connectivity index is 1.79. The highest BCUT2D eigenvalue weighted by molar-refractivity contribution is 6.30. The van der Waals surface area contributed by atoms with Gasteiger partial charge in [-0.15, -0.1) is 0 Å². The molecule has 0 saturated heterocycles. The summed E-state index contributed by atoms with van der Waals surface area (Å²) in [6.07, 6.45) is 2.45. The van der Waals surface area contributed by atoms with E-state index in [1.54, 1.807) is 0 Å². The second-order valence-electron chi connectivity index (χ2n) is 4.74. The van der Waals surface area contributed by atoms with Crippen molar-refractivity contribution >= 4 is 28.9 Å². The zero-order valence-electron chi connectivity index (χ0n) is 10.7. The van der Waals surface area contributed by atoms with Crippen molar-refractivity contribution in [1.29, 1.82) is 0 Å². The van der Waals surface area contributed by atoms with Crippen molar-refractivity contribution in [2.24, 2.45) is 0 Å². The number of anilines is 3. The number of hydrogen-bond acceptors (Lipinski definition) is 4. The van der Waals surface area contributed by atoms with Gasteiger partial charge in [0.1, 0.15) is 17.5 Å². The molecule has 1 heterocycles. The molecule has 0 radical (unpaired) electrons. The fraction of sp³-hybridized carbons (Fsp3) is 0.286. The normalized spacial score (nSPS) is 14.2. The average molecular weight is 275 g/mol. The van der Waals surface area contributed by atoms with Crippen LogP contribution in [0.5, 0.6) is 0 Å². The zero-order chi connectivity index (χ0) is 13.2. The fourth-order valence-corrected chi connectivity index (χ4v) is 1.95. The smallest absolute Gasteiger partial charge is 0.136 e. The van der Waals surface area contributed by atoms with Crippen LogP contribution in [0.4, 0.5) is 17.3 Å². The maximum atomic E-state index is 5.87. The molecule has 19 heavy (non-hydrogen) atoms. The van der Waals surface area contributed by atoms with Crippen LogP contribution in [0, 0.1) is 6.92 Å². The summed E-state index contributed by atoms with van der Waals surface area (Å²) in [6.45, 7) is 1.89. The lowest BCUT2D eigenvalue weighted by atomic mass is 10.3. The summed E-state index contributed by atoms with van der Waals surface area (Å²) >= 11 is 5.87. The average Bonchev–Trinajstić information content (AvgIpc) is 3.15. The molecule has 1 aromatic heterocycles. The minimum atomic E-state index is 0.581. The van der Waals surface area contributed by atoms with Crippen LogP contribution in [-0.2, 0) is 0 Å². The molecule has 2 N–H and O–H groups in total. The summed E-state index contributed by atoms with van der Waals surface area (Å²) in [5.41, 5.74) is 0.958. The van der Waals surface area contributed by atoms with Crippen molar-refractivity contribution in [3.63, 3.8) is 0 Å². The molecule has 2 aromatic rings. The molecule has 0 bridgehead atoms. The van der Waals surface area contributed by atoms with Gasteiger partial charge >= 0.3 is 0 Å². The van der Waals surface area contributed by atoms with E-state index in [4.69, 9.17) is 11.6 Å². The number of aromatic nitrogens is 2. The molecule has 3 rings (SSSR count). The highest BCUT2D eigenvalue weighted by Crippen LogP contribution is 2.25. The van der Waals surface area contributed by atoms with E-state index in [0.29, 0.717) is 6.04 Å². The van der Waals surface area contributed by atoms with Crippen molar-refractivity contribution in [3.05, 3.63) is 41.2 Å². The van der Waals surface area contributed by atoms with Gasteiger partial charge in [0.05, 0.1) is 0 Å². The maximum Gasteiger partial charge on any atom is 0.136 e. The van der Waals surface area contributed by atoms with Crippen molar-refractivity contribution < 1.29 is 0 Å². The third kappa shape index (κ3) is 3.35. The predicted molar refractivity (Wildman–Crippen MR) is 78.1 cm³/mol. The minimum absolute atomic E-state index is 0.581. The highest BCUT2D eigenvalue weighted by Gasteiger charge is 2.21. The monoisotopic (exact) mass is 274 g/mol. The molecule has 1 fully saturated rings. The number of benzene rings is 1. The van der Waals surface area contributed by atoms with Gasteiger partial charge in [-0.1, -0.05) is 11.6 Å². The van der Waals surface area contributed by atoms with E-state index in [1.165, 1.54) is 12.8 Å². The Bertz CT molecular complexity index is 578. The van der Waals surface area contributed by atoms with Crippen molar-refractivity contribution in [2.45, 2.75) is 25.8 Å². The first-order valence-corrected chi connectivity index (χ1v) is 6.72. The standard InChI is InChI=1S/C14H15ClN4/c1-9-16-13(8-14(17-9)19-12-6-7-12)18-11-4-2-10(15)3-5-11/h2-5,8,12H,6-7H2,1H3,(H2,16,17,18,19). The SMILES string of the molecule is Cc1nc(Nc2ccc(Cl)cc2)cc(NC2CC2)n1. The molecule has 98 valence electrons. The number of nitrogens with one attached hydrogen (secondary N) is 2. The van der Waals surface area contributed by atoms with Crippen LogP contribution in [0.1, 0.15) is 18.7 Å². The van der Waals surface area contributed by atoms with E-state index >= 15 is 0 Å². The lowest BCUT2D eigenvalue weighted by Gasteiger charge is -2.09. The molecule has 0 unspecified atom stereocenters. The molecule has 1 aliphatic carbocycles. The van der Waals surface area contributed by atoms with Gasteiger partial charge < -0.3 is 10.6 Å². The Morgan fingerprint density at radius 3 is 2.47 bits per heavy atom. The second kappa shape index (κ2) is 5.05. The summed E-state index contributed by atoms with van der Waals surface area (Å²) in [7, 11) is 0. The minimum Gasteiger partial charge on any atom is -0.367 e. The van der Waals surface area contributed by atoms with E-state index in [1.807, 2.05) is 37.3 Å². The molecule has 0 spiro atoms. The van der Waals surface area contributed by atoms with Crippen LogP contribution in [0.15, 0.2) is 30.3 Å². The van der Waals surface area contributed by atoms with Crippen LogP contribution in [0.3, 0.4) is 0 Å². The molecule has 0 atom stereocenters. The van der Waals surface area contributed by atoms with Gasteiger partial charge in [0.2, 0.25) is 0 Å². The molecule has 1 aromatic carbocycles. The van der Waals surface area contributed by atoms with Gasteiger partial charge in [0, 0.05) is 22.8 Å². The molecule has 4 nitrogen and oxygen atoms in total. The third-order valence-electron chi connectivity index (χ3n) is 2.88. The Morgan fingerprint density at radius 1 is 1.11 bits per heavy atom. The van der Waals surface area contributed by atoms with Crippen LogP contribution in [0.25, 0.3) is 0 Å². The number of hydrogen-bond donors (Lipinski definition) is 2. The van der Waals surface area contributed by atoms with Gasteiger partial charge in [0.15, 0.2) is 0 Å². The number of aryl methyl sites for hydroxylation is 1. The largest absolute Gasteiger partial charge is 0.367 e. The number of rotatable bonds is 4.